The van der Waals surface area contributed by atoms with Crippen LogP contribution in [0.1, 0.15) is 17.4 Å². The van der Waals surface area contributed by atoms with Crippen molar-refractivity contribution < 1.29 is 4.74 Å². The number of hydrogen-bond acceptors (Lipinski definition) is 2. The first-order valence-corrected chi connectivity index (χ1v) is 4.99. The van der Waals surface area contributed by atoms with Crippen LogP contribution in [-0.4, -0.2) is 7.11 Å². The molecule has 2 aromatic carbocycles. The molecule has 2 N–H and O–H groups in total. The zero-order chi connectivity index (χ0) is 10.8. The average Bonchev–Trinajstić information content (AvgIpc) is 2.27. The number of ether oxygens (including phenoxy) is 1. The lowest BCUT2D eigenvalue weighted by atomic mass is 10.0. The van der Waals surface area contributed by atoms with Gasteiger partial charge in [0.25, 0.3) is 0 Å². The molecular formula is C13H15NO. The number of aryl methyl sites for hydroxylation is 1. The molecule has 0 spiro atoms. The maximum absolute atomic E-state index is 5.79. The van der Waals surface area contributed by atoms with E-state index in [0.717, 1.165) is 5.56 Å². The molecule has 0 bridgehead atoms. The fourth-order valence-corrected chi connectivity index (χ4v) is 1.70. The topological polar surface area (TPSA) is 35.2 Å². The molecule has 0 saturated heterocycles. The zero-order valence-electron chi connectivity index (χ0n) is 9.03. The van der Waals surface area contributed by atoms with Gasteiger partial charge in [0.1, 0.15) is 6.23 Å². The van der Waals surface area contributed by atoms with Crippen molar-refractivity contribution in [3.63, 3.8) is 0 Å². The Kier molecular flexibility index (Phi) is 2.71. The van der Waals surface area contributed by atoms with Gasteiger partial charge in [-0.3, -0.25) is 0 Å². The van der Waals surface area contributed by atoms with Gasteiger partial charge in [-0.1, -0.05) is 35.9 Å². The minimum atomic E-state index is -0.337. The van der Waals surface area contributed by atoms with Crippen molar-refractivity contribution in [2.24, 2.45) is 5.73 Å². The lowest BCUT2D eigenvalue weighted by Crippen LogP contribution is -2.11. The Labute approximate surface area is 89.7 Å². The van der Waals surface area contributed by atoms with E-state index >= 15 is 0 Å². The molecule has 1 atom stereocenters. The summed E-state index contributed by atoms with van der Waals surface area (Å²) in [6.07, 6.45) is -0.337. The predicted molar refractivity (Wildman–Crippen MR) is 62.6 cm³/mol. The van der Waals surface area contributed by atoms with Crippen LogP contribution in [0.25, 0.3) is 10.8 Å². The Hall–Kier alpha value is -1.38. The Bertz CT molecular complexity index is 479. The molecule has 0 saturated carbocycles. The molecule has 2 aromatic rings. The van der Waals surface area contributed by atoms with E-state index < -0.39 is 0 Å². The molecule has 0 aliphatic carbocycles. The van der Waals surface area contributed by atoms with Crippen LogP contribution >= 0.6 is 0 Å². The van der Waals surface area contributed by atoms with E-state index in [4.69, 9.17) is 10.5 Å². The highest BCUT2D eigenvalue weighted by atomic mass is 16.5. The number of benzene rings is 2. The van der Waals surface area contributed by atoms with E-state index in [2.05, 4.69) is 37.3 Å². The van der Waals surface area contributed by atoms with Crippen LogP contribution < -0.4 is 5.73 Å². The minimum Gasteiger partial charge on any atom is -0.363 e. The van der Waals surface area contributed by atoms with Gasteiger partial charge in [-0.05, 0) is 29.3 Å². The maximum Gasteiger partial charge on any atom is 0.131 e. The van der Waals surface area contributed by atoms with Crippen LogP contribution in [-0.2, 0) is 4.74 Å². The van der Waals surface area contributed by atoms with Crippen molar-refractivity contribution in [1.29, 1.82) is 0 Å². The summed E-state index contributed by atoms with van der Waals surface area (Å²) in [4.78, 5) is 0. The normalized spacial score (nSPS) is 13.0. The number of fused-ring (bicyclic) bond motifs is 1. The van der Waals surface area contributed by atoms with Crippen molar-refractivity contribution in [2.45, 2.75) is 13.2 Å². The van der Waals surface area contributed by atoms with Gasteiger partial charge in [0.2, 0.25) is 0 Å². The van der Waals surface area contributed by atoms with Crippen molar-refractivity contribution in [3.05, 3.63) is 47.5 Å². The second-order valence-corrected chi connectivity index (χ2v) is 3.77. The molecule has 0 aromatic heterocycles. The zero-order valence-corrected chi connectivity index (χ0v) is 9.03. The standard InChI is InChI=1S/C13H15NO/c1-9-3-4-11-8-12(13(14)15-2)6-5-10(11)7-9/h3-8,13H,14H2,1-2H3. The molecule has 0 aliphatic rings. The van der Waals surface area contributed by atoms with Gasteiger partial charge in [0.05, 0.1) is 0 Å². The minimum absolute atomic E-state index is 0.337. The Balaban J connectivity index is 2.52. The molecular weight excluding hydrogens is 186 g/mol. The van der Waals surface area contributed by atoms with Gasteiger partial charge in [-0.25, -0.2) is 0 Å². The average molecular weight is 201 g/mol. The van der Waals surface area contributed by atoms with Crippen LogP contribution in [0.5, 0.6) is 0 Å². The summed E-state index contributed by atoms with van der Waals surface area (Å²) in [5.74, 6) is 0. The van der Waals surface area contributed by atoms with Crippen LogP contribution in [0, 0.1) is 6.92 Å². The SMILES string of the molecule is COC(N)c1ccc2cc(C)ccc2c1. The molecule has 1 unspecified atom stereocenters. The first-order valence-electron chi connectivity index (χ1n) is 4.99. The summed E-state index contributed by atoms with van der Waals surface area (Å²) >= 11 is 0. The highest BCUT2D eigenvalue weighted by Gasteiger charge is 2.04. The highest BCUT2D eigenvalue weighted by Crippen LogP contribution is 2.20. The third-order valence-corrected chi connectivity index (χ3v) is 2.60. The van der Waals surface area contributed by atoms with Crippen LogP contribution in [0.4, 0.5) is 0 Å². The molecule has 2 nitrogen and oxygen atoms in total. The molecule has 0 aliphatic heterocycles. The Morgan fingerprint density at radius 1 is 1.07 bits per heavy atom. The van der Waals surface area contributed by atoms with Crippen molar-refractivity contribution in [3.8, 4) is 0 Å². The van der Waals surface area contributed by atoms with Gasteiger partial charge in [-0.2, -0.15) is 0 Å². The number of nitrogens with two attached hydrogens (primary N) is 1. The fourth-order valence-electron chi connectivity index (χ4n) is 1.70. The van der Waals surface area contributed by atoms with E-state index in [-0.39, 0.29) is 6.23 Å². The summed E-state index contributed by atoms with van der Waals surface area (Å²) in [5.41, 5.74) is 8.07. The lowest BCUT2D eigenvalue weighted by Gasteiger charge is -2.10. The van der Waals surface area contributed by atoms with Gasteiger partial charge in [0.15, 0.2) is 0 Å². The molecule has 0 heterocycles. The van der Waals surface area contributed by atoms with Gasteiger partial charge in [-0.15, -0.1) is 0 Å². The summed E-state index contributed by atoms with van der Waals surface area (Å²) in [6.45, 7) is 2.09. The Morgan fingerprint density at radius 3 is 2.47 bits per heavy atom. The smallest absolute Gasteiger partial charge is 0.131 e. The summed E-state index contributed by atoms with van der Waals surface area (Å²) in [5, 5.41) is 2.44. The van der Waals surface area contributed by atoms with Crippen molar-refractivity contribution in [2.75, 3.05) is 7.11 Å². The molecule has 2 rings (SSSR count). The van der Waals surface area contributed by atoms with Crippen molar-refractivity contribution in [1.82, 2.24) is 0 Å². The van der Waals surface area contributed by atoms with Gasteiger partial charge < -0.3 is 10.5 Å². The van der Waals surface area contributed by atoms with Crippen LogP contribution in [0.15, 0.2) is 36.4 Å². The molecule has 0 amide bonds. The monoisotopic (exact) mass is 201 g/mol. The van der Waals surface area contributed by atoms with Crippen LogP contribution in [0.3, 0.4) is 0 Å². The highest BCUT2D eigenvalue weighted by molar-refractivity contribution is 5.83. The lowest BCUT2D eigenvalue weighted by molar-refractivity contribution is 0.109. The molecule has 2 heteroatoms. The number of hydrogen-bond donors (Lipinski definition) is 1. The summed E-state index contributed by atoms with van der Waals surface area (Å²) in [7, 11) is 1.62. The molecule has 0 fully saturated rings. The predicted octanol–water partition coefficient (Wildman–Crippen LogP) is 2.75. The first-order chi connectivity index (χ1) is 7.20. The Morgan fingerprint density at radius 2 is 1.73 bits per heavy atom. The summed E-state index contributed by atoms with van der Waals surface area (Å²) < 4.78 is 5.09. The molecule has 78 valence electrons. The maximum atomic E-state index is 5.79. The van der Waals surface area contributed by atoms with E-state index in [0.29, 0.717) is 0 Å². The quantitative estimate of drug-likeness (QED) is 0.758. The third-order valence-electron chi connectivity index (χ3n) is 2.60. The number of methoxy groups -OCH3 is 1. The molecule has 0 radical (unpaired) electrons. The van der Waals surface area contributed by atoms with E-state index in [1.165, 1.54) is 16.3 Å². The van der Waals surface area contributed by atoms with E-state index in [1.807, 2.05) is 6.07 Å². The second kappa shape index (κ2) is 4.01. The summed E-state index contributed by atoms with van der Waals surface area (Å²) in [6, 6.07) is 12.5. The number of rotatable bonds is 2. The first kappa shape index (κ1) is 10.1. The van der Waals surface area contributed by atoms with E-state index in [9.17, 15) is 0 Å². The second-order valence-electron chi connectivity index (χ2n) is 3.77. The largest absolute Gasteiger partial charge is 0.363 e. The van der Waals surface area contributed by atoms with Gasteiger partial charge in [0, 0.05) is 7.11 Å². The fraction of sp³-hybridized carbons (Fsp3) is 0.231. The van der Waals surface area contributed by atoms with Crippen molar-refractivity contribution >= 4 is 10.8 Å². The van der Waals surface area contributed by atoms with E-state index in [1.54, 1.807) is 7.11 Å². The molecule has 15 heavy (non-hydrogen) atoms. The third kappa shape index (κ3) is 2.01. The van der Waals surface area contributed by atoms with Gasteiger partial charge >= 0.3 is 0 Å². The van der Waals surface area contributed by atoms with Crippen LogP contribution in [0.2, 0.25) is 0 Å².